The van der Waals surface area contributed by atoms with Crippen molar-refractivity contribution in [1.29, 1.82) is 0 Å². The van der Waals surface area contributed by atoms with Crippen molar-refractivity contribution in [2.24, 2.45) is 5.73 Å². The Bertz CT molecular complexity index is 432. The lowest BCUT2D eigenvalue weighted by atomic mass is 9.92. The van der Waals surface area contributed by atoms with Crippen LogP contribution < -0.4 is 15.2 Å². The minimum Gasteiger partial charge on any atom is -0.486 e. The third-order valence-electron chi connectivity index (χ3n) is 3.14. The van der Waals surface area contributed by atoms with Gasteiger partial charge in [-0.1, -0.05) is 29.8 Å². The summed E-state index contributed by atoms with van der Waals surface area (Å²) >= 11 is 3.65. The lowest BCUT2D eigenvalue weighted by molar-refractivity contribution is 0.169. The van der Waals surface area contributed by atoms with Crippen LogP contribution in [0.25, 0.3) is 0 Å². The number of benzene rings is 1. The predicted octanol–water partition coefficient (Wildman–Crippen LogP) is 3.24. The Morgan fingerprint density at radius 2 is 2.06 bits per heavy atom. The molecule has 2 rings (SSSR count). The molecule has 1 heterocycles. The lowest BCUT2D eigenvalue weighted by Crippen LogP contribution is -2.18. The van der Waals surface area contributed by atoms with Gasteiger partial charge in [-0.15, -0.1) is 0 Å². The van der Waals surface area contributed by atoms with Gasteiger partial charge in [0.2, 0.25) is 0 Å². The number of hydrogen-bond donors (Lipinski definition) is 1. The SMILES string of the molecule is CC(C)c1c(CCCN)c(Br)cc2c1OCCO2. The number of ether oxygens (including phenoxy) is 2. The molecule has 0 saturated heterocycles. The van der Waals surface area contributed by atoms with Gasteiger partial charge < -0.3 is 15.2 Å². The number of hydrogen-bond acceptors (Lipinski definition) is 3. The quantitative estimate of drug-likeness (QED) is 0.928. The first kappa shape index (κ1) is 13.7. The summed E-state index contributed by atoms with van der Waals surface area (Å²) in [5.74, 6) is 2.19. The molecule has 0 atom stereocenters. The molecule has 100 valence electrons. The van der Waals surface area contributed by atoms with E-state index in [4.69, 9.17) is 15.2 Å². The van der Waals surface area contributed by atoms with E-state index >= 15 is 0 Å². The van der Waals surface area contributed by atoms with E-state index in [9.17, 15) is 0 Å². The number of fused-ring (bicyclic) bond motifs is 1. The summed E-state index contributed by atoms with van der Waals surface area (Å²) in [6.45, 7) is 6.33. The fourth-order valence-electron chi connectivity index (χ4n) is 2.36. The van der Waals surface area contributed by atoms with Crippen molar-refractivity contribution in [2.45, 2.75) is 32.6 Å². The van der Waals surface area contributed by atoms with Crippen molar-refractivity contribution in [2.75, 3.05) is 19.8 Å². The monoisotopic (exact) mass is 313 g/mol. The van der Waals surface area contributed by atoms with Crippen LogP contribution in [-0.4, -0.2) is 19.8 Å². The highest BCUT2D eigenvalue weighted by atomic mass is 79.9. The van der Waals surface area contributed by atoms with E-state index in [-0.39, 0.29) is 0 Å². The van der Waals surface area contributed by atoms with Crippen LogP contribution in [0.1, 0.15) is 37.3 Å². The van der Waals surface area contributed by atoms with Gasteiger partial charge in [-0.3, -0.25) is 0 Å². The first-order valence-corrected chi connectivity index (χ1v) is 7.25. The van der Waals surface area contributed by atoms with Crippen LogP contribution in [0, 0.1) is 0 Å². The zero-order valence-electron chi connectivity index (χ0n) is 11.0. The van der Waals surface area contributed by atoms with Gasteiger partial charge in [0.1, 0.15) is 13.2 Å². The van der Waals surface area contributed by atoms with Crippen LogP contribution in [0.4, 0.5) is 0 Å². The predicted molar refractivity (Wildman–Crippen MR) is 76.6 cm³/mol. The summed E-state index contributed by atoms with van der Waals surface area (Å²) < 4.78 is 12.6. The maximum atomic E-state index is 5.81. The normalized spacial score (nSPS) is 14.1. The van der Waals surface area contributed by atoms with Crippen molar-refractivity contribution in [1.82, 2.24) is 0 Å². The Kier molecular flexibility index (Phi) is 4.51. The molecule has 2 N–H and O–H groups in total. The van der Waals surface area contributed by atoms with E-state index in [1.807, 2.05) is 6.07 Å². The molecule has 0 aliphatic carbocycles. The molecule has 1 aliphatic rings. The Labute approximate surface area is 117 Å². The standard InChI is InChI=1S/C14H20BrNO2/c1-9(2)13-10(4-3-5-16)11(15)8-12-14(13)18-7-6-17-12/h8-9H,3-7,16H2,1-2H3. The molecule has 0 unspecified atom stereocenters. The summed E-state index contributed by atoms with van der Waals surface area (Å²) in [5, 5.41) is 0. The minimum atomic E-state index is 0.408. The van der Waals surface area contributed by atoms with Crippen molar-refractivity contribution in [3.8, 4) is 11.5 Å². The minimum absolute atomic E-state index is 0.408. The molecule has 0 saturated carbocycles. The van der Waals surface area contributed by atoms with Crippen molar-refractivity contribution in [3.63, 3.8) is 0 Å². The molecule has 0 radical (unpaired) electrons. The van der Waals surface area contributed by atoms with Crippen LogP contribution >= 0.6 is 15.9 Å². The topological polar surface area (TPSA) is 44.5 Å². The van der Waals surface area contributed by atoms with E-state index in [2.05, 4.69) is 29.8 Å². The summed E-state index contributed by atoms with van der Waals surface area (Å²) in [5.41, 5.74) is 8.18. The first-order chi connectivity index (χ1) is 8.65. The highest BCUT2D eigenvalue weighted by Gasteiger charge is 2.23. The highest BCUT2D eigenvalue weighted by Crippen LogP contribution is 2.43. The zero-order valence-corrected chi connectivity index (χ0v) is 12.5. The summed E-state index contributed by atoms with van der Waals surface area (Å²) in [6, 6.07) is 2.02. The Morgan fingerprint density at radius 3 is 2.72 bits per heavy atom. The Hall–Kier alpha value is -0.740. The molecular weight excluding hydrogens is 294 g/mol. The lowest BCUT2D eigenvalue weighted by Gasteiger charge is -2.26. The molecule has 1 aliphatic heterocycles. The molecule has 18 heavy (non-hydrogen) atoms. The second-order valence-electron chi connectivity index (χ2n) is 4.82. The largest absolute Gasteiger partial charge is 0.486 e. The van der Waals surface area contributed by atoms with Crippen LogP contribution in [0.15, 0.2) is 10.5 Å². The zero-order chi connectivity index (χ0) is 13.1. The van der Waals surface area contributed by atoms with E-state index in [0.29, 0.717) is 25.7 Å². The van der Waals surface area contributed by atoms with E-state index in [0.717, 1.165) is 28.8 Å². The average molecular weight is 314 g/mol. The maximum absolute atomic E-state index is 5.81. The summed E-state index contributed by atoms with van der Waals surface area (Å²) in [4.78, 5) is 0. The smallest absolute Gasteiger partial charge is 0.165 e. The molecule has 0 amide bonds. The van der Waals surface area contributed by atoms with Crippen molar-refractivity contribution >= 4 is 15.9 Å². The van der Waals surface area contributed by atoms with Gasteiger partial charge in [-0.25, -0.2) is 0 Å². The van der Waals surface area contributed by atoms with Gasteiger partial charge in [0.25, 0.3) is 0 Å². The second kappa shape index (κ2) is 5.93. The second-order valence-corrected chi connectivity index (χ2v) is 5.68. The van der Waals surface area contributed by atoms with Gasteiger partial charge in [0, 0.05) is 10.0 Å². The van der Waals surface area contributed by atoms with E-state index < -0.39 is 0 Å². The third-order valence-corrected chi connectivity index (χ3v) is 3.84. The van der Waals surface area contributed by atoms with E-state index in [1.165, 1.54) is 11.1 Å². The number of rotatable bonds is 4. The third kappa shape index (κ3) is 2.64. The first-order valence-electron chi connectivity index (χ1n) is 6.46. The highest BCUT2D eigenvalue weighted by molar-refractivity contribution is 9.10. The fourth-order valence-corrected chi connectivity index (χ4v) is 2.98. The van der Waals surface area contributed by atoms with Gasteiger partial charge in [0.15, 0.2) is 11.5 Å². The van der Waals surface area contributed by atoms with E-state index in [1.54, 1.807) is 0 Å². The van der Waals surface area contributed by atoms with Gasteiger partial charge >= 0.3 is 0 Å². The maximum Gasteiger partial charge on any atom is 0.165 e. The number of nitrogens with two attached hydrogens (primary N) is 1. The van der Waals surface area contributed by atoms with Crippen molar-refractivity contribution in [3.05, 3.63) is 21.7 Å². The van der Waals surface area contributed by atoms with Crippen LogP contribution in [0.2, 0.25) is 0 Å². The molecule has 0 aromatic heterocycles. The number of halogens is 1. The summed E-state index contributed by atoms with van der Waals surface area (Å²) in [6.07, 6.45) is 1.96. The molecule has 1 aromatic carbocycles. The average Bonchev–Trinajstić information content (AvgIpc) is 2.35. The Morgan fingerprint density at radius 1 is 1.33 bits per heavy atom. The fraction of sp³-hybridized carbons (Fsp3) is 0.571. The Balaban J connectivity index is 2.50. The van der Waals surface area contributed by atoms with Gasteiger partial charge in [-0.2, -0.15) is 0 Å². The molecule has 0 bridgehead atoms. The van der Waals surface area contributed by atoms with Crippen LogP contribution in [0.3, 0.4) is 0 Å². The molecule has 0 spiro atoms. The molecule has 4 heteroatoms. The molecule has 0 fully saturated rings. The molecule has 3 nitrogen and oxygen atoms in total. The van der Waals surface area contributed by atoms with Crippen LogP contribution in [-0.2, 0) is 6.42 Å². The molecular formula is C14H20BrNO2. The van der Waals surface area contributed by atoms with Crippen molar-refractivity contribution < 1.29 is 9.47 Å². The summed E-state index contributed by atoms with van der Waals surface area (Å²) in [7, 11) is 0. The van der Waals surface area contributed by atoms with Crippen LogP contribution in [0.5, 0.6) is 11.5 Å². The van der Waals surface area contributed by atoms with Gasteiger partial charge in [-0.05, 0) is 36.9 Å². The van der Waals surface area contributed by atoms with Gasteiger partial charge in [0.05, 0.1) is 0 Å². The molecule has 1 aromatic rings.